The highest BCUT2D eigenvalue weighted by Crippen LogP contribution is 2.34. The summed E-state index contributed by atoms with van der Waals surface area (Å²) in [6.07, 6.45) is -4.75. The first-order chi connectivity index (χ1) is 18.2. The lowest BCUT2D eigenvalue weighted by Gasteiger charge is -2.12. The molecule has 0 spiro atoms. The standard InChI is InChI=1S/C28H20F4N4O2/c1-37-21-11-5-18(6-12-21)24-15-25(19-7-13-22(38-2)14-8-19)36(35-24)27-33-23(16-26(34-27)28(30,31)32)17-3-9-20(29)10-4-17/h3-16H,1-2H3. The maximum atomic E-state index is 13.9. The fraction of sp³-hybridized carbons (Fsp3) is 0.107. The monoisotopic (exact) mass is 520 g/mol. The summed E-state index contributed by atoms with van der Waals surface area (Å²) < 4.78 is 66.9. The number of benzene rings is 3. The minimum Gasteiger partial charge on any atom is -0.497 e. The van der Waals surface area contributed by atoms with E-state index in [-0.39, 0.29) is 11.6 Å². The number of aromatic nitrogens is 4. The van der Waals surface area contributed by atoms with E-state index in [4.69, 9.17) is 9.47 Å². The van der Waals surface area contributed by atoms with Gasteiger partial charge in [0.1, 0.15) is 17.3 Å². The van der Waals surface area contributed by atoms with Gasteiger partial charge in [-0.05, 0) is 84.9 Å². The van der Waals surface area contributed by atoms with Crippen molar-refractivity contribution in [1.29, 1.82) is 0 Å². The third-order valence-corrected chi connectivity index (χ3v) is 5.82. The van der Waals surface area contributed by atoms with Crippen LogP contribution in [-0.2, 0) is 6.18 Å². The van der Waals surface area contributed by atoms with Crippen LogP contribution >= 0.6 is 0 Å². The van der Waals surface area contributed by atoms with Gasteiger partial charge in [0, 0.05) is 16.7 Å². The van der Waals surface area contributed by atoms with Crippen LogP contribution in [0.15, 0.2) is 84.9 Å². The summed E-state index contributed by atoms with van der Waals surface area (Å²) >= 11 is 0. The van der Waals surface area contributed by atoms with Crippen LogP contribution in [0.1, 0.15) is 5.69 Å². The Morgan fingerprint density at radius 3 is 1.74 bits per heavy atom. The molecule has 0 bridgehead atoms. The van der Waals surface area contributed by atoms with E-state index in [1.54, 1.807) is 61.7 Å². The molecule has 2 heterocycles. The Balaban J connectivity index is 1.72. The van der Waals surface area contributed by atoms with E-state index >= 15 is 0 Å². The van der Waals surface area contributed by atoms with Crippen molar-refractivity contribution < 1.29 is 27.0 Å². The van der Waals surface area contributed by atoms with Gasteiger partial charge in [-0.1, -0.05) is 0 Å². The van der Waals surface area contributed by atoms with Crippen LogP contribution in [0, 0.1) is 5.82 Å². The molecule has 0 N–H and O–H groups in total. The first-order valence-electron chi connectivity index (χ1n) is 11.4. The molecular formula is C28H20F4N4O2. The zero-order valence-corrected chi connectivity index (χ0v) is 20.2. The fourth-order valence-electron chi connectivity index (χ4n) is 3.85. The van der Waals surface area contributed by atoms with Crippen LogP contribution in [0.3, 0.4) is 0 Å². The lowest BCUT2D eigenvalue weighted by Crippen LogP contribution is -2.14. The molecule has 0 atom stereocenters. The van der Waals surface area contributed by atoms with Gasteiger partial charge in [0.25, 0.3) is 5.95 Å². The van der Waals surface area contributed by atoms with Crippen molar-refractivity contribution >= 4 is 0 Å². The molecule has 0 aliphatic heterocycles. The molecule has 2 aromatic heterocycles. The first kappa shape index (κ1) is 24.9. The van der Waals surface area contributed by atoms with Gasteiger partial charge in [-0.15, -0.1) is 0 Å². The Labute approximate surface area is 215 Å². The minimum atomic E-state index is -4.75. The molecule has 0 unspecified atom stereocenters. The molecule has 0 saturated carbocycles. The van der Waals surface area contributed by atoms with Gasteiger partial charge in [0.15, 0.2) is 5.69 Å². The van der Waals surface area contributed by atoms with E-state index < -0.39 is 17.7 Å². The first-order valence-corrected chi connectivity index (χ1v) is 11.4. The Bertz CT molecular complexity index is 1560. The summed E-state index contributed by atoms with van der Waals surface area (Å²) in [6.45, 7) is 0. The Morgan fingerprint density at radius 1 is 0.658 bits per heavy atom. The highest BCUT2D eigenvalue weighted by molar-refractivity contribution is 5.71. The van der Waals surface area contributed by atoms with E-state index in [0.29, 0.717) is 39.6 Å². The zero-order valence-electron chi connectivity index (χ0n) is 20.2. The van der Waals surface area contributed by atoms with Crippen molar-refractivity contribution in [2.75, 3.05) is 14.2 Å². The maximum Gasteiger partial charge on any atom is 0.433 e. The number of ether oxygens (including phenoxy) is 2. The summed E-state index contributed by atoms with van der Waals surface area (Å²) in [5.41, 5.74) is 1.45. The highest BCUT2D eigenvalue weighted by atomic mass is 19.4. The molecule has 0 aliphatic rings. The van der Waals surface area contributed by atoms with E-state index in [1.165, 1.54) is 23.9 Å². The van der Waals surface area contributed by atoms with Crippen molar-refractivity contribution in [3.63, 3.8) is 0 Å². The lowest BCUT2D eigenvalue weighted by molar-refractivity contribution is -0.141. The van der Waals surface area contributed by atoms with Crippen molar-refractivity contribution in [1.82, 2.24) is 19.7 Å². The van der Waals surface area contributed by atoms with E-state index in [1.807, 2.05) is 0 Å². The third-order valence-electron chi connectivity index (χ3n) is 5.82. The fourth-order valence-corrected chi connectivity index (χ4v) is 3.85. The molecule has 0 fully saturated rings. The number of methoxy groups -OCH3 is 2. The van der Waals surface area contributed by atoms with Gasteiger partial charge in [0.05, 0.1) is 31.3 Å². The smallest absolute Gasteiger partial charge is 0.433 e. The molecule has 192 valence electrons. The van der Waals surface area contributed by atoms with Crippen LogP contribution in [0.2, 0.25) is 0 Å². The molecule has 0 radical (unpaired) electrons. The van der Waals surface area contributed by atoms with Crippen LogP contribution in [0.4, 0.5) is 17.6 Å². The molecule has 5 aromatic rings. The summed E-state index contributed by atoms with van der Waals surface area (Å²) in [5, 5.41) is 4.59. The van der Waals surface area contributed by atoms with E-state index in [0.717, 1.165) is 18.2 Å². The van der Waals surface area contributed by atoms with E-state index in [9.17, 15) is 17.6 Å². The summed E-state index contributed by atoms with van der Waals surface area (Å²) in [6, 6.07) is 21.7. The van der Waals surface area contributed by atoms with Gasteiger partial charge in [-0.3, -0.25) is 0 Å². The van der Waals surface area contributed by atoms with Crippen molar-refractivity contribution in [2.24, 2.45) is 0 Å². The molecule has 5 rings (SSSR count). The van der Waals surface area contributed by atoms with Crippen LogP contribution in [-0.4, -0.2) is 34.0 Å². The molecule has 0 amide bonds. The summed E-state index contributed by atoms with van der Waals surface area (Å²) in [5.74, 6) is 0.458. The van der Waals surface area contributed by atoms with Crippen LogP contribution in [0.25, 0.3) is 39.7 Å². The molecule has 0 saturated heterocycles. The summed E-state index contributed by atoms with van der Waals surface area (Å²) in [4.78, 5) is 8.21. The van der Waals surface area contributed by atoms with Crippen molar-refractivity contribution in [3.8, 4) is 51.2 Å². The Kier molecular flexibility index (Phi) is 6.54. The Hall–Kier alpha value is -4.73. The van der Waals surface area contributed by atoms with Gasteiger partial charge < -0.3 is 9.47 Å². The highest BCUT2D eigenvalue weighted by Gasteiger charge is 2.34. The molecule has 0 aliphatic carbocycles. The molecular weight excluding hydrogens is 500 g/mol. The largest absolute Gasteiger partial charge is 0.497 e. The van der Waals surface area contributed by atoms with Gasteiger partial charge in [0.2, 0.25) is 0 Å². The lowest BCUT2D eigenvalue weighted by atomic mass is 10.1. The maximum absolute atomic E-state index is 13.9. The average molecular weight is 520 g/mol. The second-order valence-corrected chi connectivity index (χ2v) is 8.23. The predicted octanol–water partition coefficient (Wildman–Crippen LogP) is 6.84. The predicted molar refractivity (Wildman–Crippen MR) is 134 cm³/mol. The SMILES string of the molecule is COc1ccc(-c2cc(-c3ccc(OC)cc3)n(-c3nc(-c4ccc(F)cc4)cc(C(F)(F)F)n3)n2)cc1. The van der Waals surface area contributed by atoms with Crippen molar-refractivity contribution in [2.45, 2.75) is 6.18 Å². The van der Waals surface area contributed by atoms with Gasteiger partial charge in [-0.2, -0.15) is 23.0 Å². The molecule has 6 nitrogen and oxygen atoms in total. The number of hydrogen-bond donors (Lipinski definition) is 0. The average Bonchev–Trinajstić information content (AvgIpc) is 3.38. The van der Waals surface area contributed by atoms with Crippen LogP contribution < -0.4 is 9.47 Å². The normalized spacial score (nSPS) is 11.4. The molecule has 10 heteroatoms. The quantitative estimate of drug-likeness (QED) is 0.230. The number of halogens is 4. The van der Waals surface area contributed by atoms with Crippen LogP contribution in [0.5, 0.6) is 11.5 Å². The number of hydrogen-bond acceptors (Lipinski definition) is 5. The number of rotatable bonds is 6. The van der Waals surface area contributed by atoms with Gasteiger partial charge in [-0.25, -0.2) is 14.4 Å². The topological polar surface area (TPSA) is 62.1 Å². The third kappa shape index (κ3) is 5.06. The zero-order chi connectivity index (χ0) is 26.9. The summed E-state index contributed by atoms with van der Waals surface area (Å²) in [7, 11) is 3.09. The molecule has 3 aromatic carbocycles. The minimum absolute atomic E-state index is 0.0236. The Morgan fingerprint density at radius 2 is 1.18 bits per heavy atom. The van der Waals surface area contributed by atoms with E-state index in [2.05, 4.69) is 15.1 Å². The van der Waals surface area contributed by atoms with Crippen molar-refractivity contribution in [3.05, 3.63) is 96.4 Å². The molecule has 38 heavy (non-hydrogen) atoms. The second-order valence-electron chi connectivity index (χ2n) is 8.23. The number of alkyl halides is 3. The van der Waals surface area contributed by atoms with Gasteiger partial charge >= 0.3 is 6.18 Å². The second kappa shape index (κ2) is 9.97. The number of nitrogens with zero attached hydrogens (tertiary/aromatic N) is 4.